The molecule has 1 unspecified atom stereocenters. The molecule has 0 bridgehead atoms. The van der Waals surface area contributed by atoms with Crippen LogP contribution < -0.4 is 25.3 Å². The molecule has 9 heteroatoms. The Morgan fingerprint density at radius 3 is 2.62 bits per heavy atom. The molecule has 3 aliphatic rings. The lowest BCUT2D eigenvalue weighted by Crippen LogP contribution is -2.48. The third-order valence-electron chi connectivity index (χ3n) is 6.91. The summed E-state index contributed by atoms with van der Waals surface area (Å²) < 4.78 is 6.00. The van der Waals surface area contributed by atoms with Gasteiger partial charge in [-0.05, 0) is 62.2 Å². The van der Waals surface area contributed by atoms with E-state index >= 15 is 0 Å². The van der Waals surface area contributed by atoms with Crippen molar-refractivity contribution in [2.45, 2.75) is 39.4 Å². The molecule has 3 aliphatic heterocycles. The highest BCUT2D eigenvalue weighted by Crippen LogP contribution is 2.31. The molecule has 0 spiro atoms. The van der Waals surface area contributed by atoms with Crippen LogP contribution in [-0.2, 0) is 20.8 Å². The minimum atomic E-state index is -0.240. The van der Waals surface area contributed by atoms with E-state index in [1.807, 2.05) is 56.3 Å². The van der Waals surface area contributed by atoms with Crippen molar-refractivity contribution in [2.75, 3.05) is 54.4 Å². The molecule has 2 N–H and O–H groups in total. The van der Waals surface area contributed by atoms with Crippen LogP contribution in [0.25, 0.3) is 0 Å². The minimum Gasteiger partial charge on any atom is -0.489 e. The number of amides is 2. The zero-order chi connectivity index (χ0) is 25.9. The van der Waals surface area contributed by atoms with E-state index in [1.165, 1.54) is 0 Å². The molecule has 0 aliphatic carbocycles. The third-order valence-corrected chi connectivity index (χ3v) is 6.91. The van der Waals surface area contributed by atoms with Crippen LogP contribution in [-0.4, -0.2) is 68.2 Å². The lowest BCUT2D eigenvalue weighted by molar-refractivity contribution is -0.116. The molecule has 37 heavy (non-hydrogen) atoms. The Hall–Kier alpha value is -3.56. The Morgan fingerprint density at radius 1 is 1.08 bits per heavy atom. The van der Waals surface area contributed by atoms with Crippen LogP contribution in [0.4, 0.5) is 17.1 Å². The molecular formula is C28H35N5O4. The highest BCUT2D eigenvalue weighted by molar-refractivity contribution is 6.04. The number of hydrogen-bond acceptors (Lipinski definition) is 7. The third kappa shape index (κ3) is 5.73. The van der Waals surface area contributed by atoms with Crippen molar-refractivity contribution in [1.29, 1.82) is 0 Å². The summed E-state index contributed by atoms with van der Waals surface area (Å²) >= 11 is 0. The maximum absolute atomic E-state index is 12.8. The van der Waals surface area contributed by atoms with Gasteiger partial charge in [-0.25, -0.2) is 0 Å². The number of ether oxygens (including phenoxy) is 1. The van der Waals surface area contributed by atoms with Gasteiger partial charge in [0, 0.05) is 57.6 Å². The van der Waals surface area contributed by atoms with Crippen molar-refractivity contribution in [3.05, 3.63) is 59.8 Å². The van der Waals surface area contributed by atoms with Gasteiger partial charge in [0.05, 0.1) is 11.8 Å². The van der Waals surface area contributed by atoms with Gasteiger partial charge < -0.3 is 19.9 Å². The lowest BCUT2D eigenvalue weighted by atomic mass is 10.1. The molecule has 0 saturated carbocycles. The van der Waals surface area contributed by atoms with Crippen molar-refractivity contribution in [2.24, 2.45) is 0 Å². The molecular weight excluding hydrogens is 470 g/mol. The molecule has 1 atom stereocenters. The largest absolute Gasteiger partial charge is 0.489 e. The molecule has 0 aromatic heterocycles. The fourth-order valence-corrected chi connectivity index (χ4v) is 5.11. The number of hydroxylamine groups is 1. The number of hydrogen-bond donors (Lipinski definition) is 2. The van der Waals surface area contributed by atoms with Crippen LogP contribution in [0, 0.1) is 0 Å². The summed E-state index contributed by atoms with van der Waals surface area (Å²) in [5, 5.41) is 2.94. The number of anilines is 3. The second kappa shape index (κ2) is 10.8. The molecule has 196 valence electrons. The fourth-order valence-electron chi connectivity index (χ4n) is 5.11. The fraction of sp³-hybridized carbons (Fsp3) is 0.429. The Morgan fingerprint density at radius 2 is 1.86 bits per heavy atom. The Bertz CT molecular complexity index is 1190. The second-order valence-electron chi connectivity index (χ2n) is 9.98. The molecule has 3 heterocycles. The topological polar surface area (TPSA) is 86.4 Å². The van der Waals surface area contributed by atoms with Crippen molar-refractivity contribution in [1.82, 2.24) is 10.4 Å². The van der Waals surface area contributed by atoms with E-state index in [2.05, 4.69) is 26.7 Å². The summed E-state index contributed by atoms with van der Waals surface area (Å²) in [5.74, 6) is 0.716. The standard InChI is InChI=1S/C28H35N5O4/c1-19(2)36-27-7-5-4-6-26(27)32-14-12-31(13-15-32)18-23-17-24(30-37-23)28(35)29-22-8-9-25-21(16-22)10-11-33(25)20(3)34/h4-9,16-17,19,23,30H,10-15,18H2,1-3H3,(H,29,35). The number of nitrogens with one attached hydrogen (secondary N) is 2. The summed E-state index contributed by atoms with van der Waals surface area (Å²) in [6.07, 6.45) is 2.56. The van der Waals surface area contributed by atoms with Crippen LogP contribution in [0.2, 0.25) is 0 Å². The minimum absolute atomic E-state index is 0.0328. The van der Waals surface area contributed by atoms with E-state index in [0.717, 1.165) is 55.3 Å². The zero-order valence-electron chi connectivity index (χ0n) is 21.7. The molecule has 1 fully saturated rings. The monoisotopic (exact) mass is 505 g/mol. The number of benzene rings is 2. The number of fused-ring (bicyclic) bond motifs is 1. The average Bonchev–Trinajstić information content (AvgIpc) is 3.52. The first-order valence-electron chi connectivity index (χ1n) is 13.0. The number of rotatable bonds is 7. The molecule has 2 aromatic carbocycles. The first kappa shape index (κ1) is 25.1. The van der Waals surface area contributed by atoms with Gasteiger partial charge in [0.2, 0.25) is 5.91 Å². The Labute approximate surface area is 218 Å². The number of carbonyl (C=O) groups excluding carboxylic acids is 2. The molecule has 0 radical (unpaired) electrons. The number of piperazine rings is 1. The van der Waals surface area contributed by atoms with Crippen LogP contribution in [0.3, 0.4) is 0 Å². The highest BCUT2D eigenvalue weighted by atomic mass is 16.7. The van der Waals surface area contributed by atoms with E-state index in [0.29, 0.717) is 24.5 Å². The summed E-state index contributed by atoms with van der Waals surface area (Å²) in [6.45, 7) is 10.6. The van der Waals surface area contributed by atoms with Crippen LogP contribution in [0.15, 0.2) is 54.2 Å². The van der Waals surface area contributed by atoms with Crippen molar-refractivity contribution < 1.29 is 19.2 Å². The Balaban J connectivity index is 1.13. The van der Waals surface area contributed by atoms with E-state index in [1.54, 1.807) is 11.8 Å². The van der Waals surface area contributed by atoms with Gasteiger partial charge in [0.25, 0.3) is 5.91 Å². The average molecular weight is 506 g/mol. The van der Waals surface area contributed by atoms with Gasteiger partial charge in [-0.2, -0.15) is 0 Å². The normalized spacial score (nSPS) is 19.5. The first-order chi connectivity index (χ1) is 17.9. The molecule has 9 nitrogen and oxygen atoms in total. The predicted molar refractivity (Wildman–Crippen MR) is 144 cm³/mol. The first-order valence-corrected chi connectivity index (χ1v) is 13.0. The van der Waals surface area contributed by atoms with Crippen LogP contribution >= 0.6 is 0 Å². The number of para-hydroxylation sites is 2. The van der Waals surface area contributed by atoms with Gasteiger partial charge in [0.1, 0.15) is 17.6 Å². The molecule has 5 rings (SSSR count). The summed E-state index contributed by atoms with van der Waals surface area (Å²) in [7, 11) is 0. The predicted octanol–water partition coefficient (Wildman–Crippen LogP) is 2.93. The highest BCUT2D eigenvalue weighted by Gasteiger charge is 2.27. The van der Waals surface area contributed by atoms with Gasteiger partial charge in [-0.1, -0.05) is 12.1 Å². The lowest BCUT2D eigenvalue weighted by Gasteiger charge is -2.37. The SMILES string of the molecule is CC(=O)N1CCc2cc(NC(=O)C3=CC(CN4CCN(c5ccccc5OC(C)C)CC4)ON3)ccc21. The summed E-state index contributed by atoms with van der Waals surface area (Å²) in [6, 6.07) is 13.9. The van der Waals surface area contributed by atoms with E-state index in [4.69, 9.17) is 9.57 Å². The molecule has 2 amide bonds. The van der Waals surface area contributed by atoms with E-state index in [-0.39, 0.29) is 24.0 Å². The summed E-state index contributed by atoms with van der Waals surface area (Å²) in [4.78, 5) is 36.8. The smallest absolute Gasteiger partial charge is 0.273 e. The second-order valence-corrected chi connectivity index (χ2v) is 9.98. The number of nitrogens with zero attached hydrogens (tertiary/aromatic N) is 3. The summed E-state index contributed by atoms with van der Waals surface area (Å²) in [5.41, 5.74) is 7.03. The zero-order valence-corrected chi connectivity index (χ0v) is 21.7. The van der Waals surface area contributed by atoms with Gasteiger partial charge in [-0.15, -0.1) is 0 Å². The van der Waals surface area contributed by atoms with E-state index in [9.17, 15) is 9.59 Å². The molecule has 2 aromatic rings. The van der Waals surface area contributed by atoms with E-state index < -0.39 is 0 Å². The van der Waals surface area contributed by atoms with Gasteiger partial charge in [-0.3, -0.25) is 24.8 Å². The van der Waals surface area contributed by atoms with Gasteiger partial charge in [0.15, 0.2) is 0 Å². The molecule has 1 saturated heterocycles. The van der Waals surface area contributed by atoms with Crippen LogP contribution in [0.5, 0.6) is 5.75 Å². The van der Waals surface area contributed by atoms with Crippen molar-refractivity contribution in [3.8, 4) is 5.75 Å². The maximum atomic E-state index is 12.8. The van der Waals surface area contributed by atoms with Crippen molar-refractivity contribution >= 4 is 28.9 Å². The van der Waals surface area contributed by atoms with Crippen molar-refractivity contribution in [3.63, 3.8) is 0 Å². The van der Waals surface area contributed by atoms with Crippen LogP contribution in [0.1, 0.15) is 26.3 Å². The van der Waals surface area contributed by atoms with Gasteiger partial charge >= 0.3 is 0 Å². The Kier molecular flexibility index (Phi) is 7.34. The quantitative estimate of drug-likeness (QED) is 0.599. The maximum Gasteiger partial charge on any atom is 0.273 e. The number of carbonyl (C=O) groups is 2.